The summed E-state index contributed by atoms with van der Waals surface area (Å²) in [5, 5.41) is 7.12. The third kappa shape index (κ3) is 8.60. The minimum Gasteiger partial charge on any atom is -0.475 e. The molecule has 0 aliphatic carbocycles. The number of amides is 1. The average Bonchev–Trinajstić information content (AvgIpc) is 2.71. The van der Waals surface area contributed by atoms with Crippen molar-refractivity contribution < 1.29 is 37.3 Å². The smallest absolute Gasteiger partial charge is 0.475 e. The van der Waals surface area contributed by atoms with Crippen LogP contribution in [-0.4, -0.2) is 85.6 Å². The van der Waals surface area contributed by atoms with Crippen molar-refractivity contribution >= 4 is 11.9 Å². The van der Waals surface area contributed by atoms with E-state index >= 15 is 0 Å². The molecular formula is C23H33F3N2O5. The number of nitrogens with zero attached hydrogens (tertiary/aromatic N) is 2. The molecule has 0 radical (unpaired) electrons. The summed E-state index contributed by atoms with van der Waals surface area (Å²) in [5.41, 5.74) is 2.82. The van der Waals surface area contributed by atoms with Crippen LogP contribution in [0.5, 0.6) is 0 Å². The zero-order chi connectivity index (χ0) is 24.6. The number of aryl methyl sites for hydroxylation is 1. The summed E-state index contributed by atoms with van der Waals surface area (Å²) < 4.78 is 43.4. The van der Waals surface area contributed by atoms with Crippen LogP contribution in [0.4, 0.5) is 13.2 Å². The second kappa shape index (κ2) is 11.8. The topological polar surface area (TPSA) is 79.3 Å². The maximum Gasteiger partial charge on any atom is 0.490 e. The van der Waals surface area contributed by atoms with E-state index in [0.29, 0.717) is 12.5 Å². The molecule has 33 heavy (non-hydrogen) atoms. The molecule has 1 amide bonds. The fraction of sp³-hybridized carbons (Fsp3) is 0.652. The Balaban J connectivity index is 0.000000479. The summed E-state index contributed by atoms with van der Waals surface area (Å²) in [6, 6.07) is 8.61. The summed E-state index contributed by atoms with van der Waals surface area (Å²) in [6.45, 7) is 6.94. The van der Waals surface area contributed by atoms with E-state index in [4.69, 9.17) is 19.4 Å². The Morgan fingerprint density at radius 1 is 1.27 bits per heavy atom. The number of rotatable bonds is 7. The molecule has 2 aliphatic rings. The first-order chi connectivity index (χ1) is 15.4. The van der Waals surface area contributed by atoms with Gasteiger partial charge in [-0.25, -0.2) is 4.79 Å². The van der Waals surface area contributed by atoms with Gasteiger partial charge in [-0.05, 0) is 43.2 Å². The van der Waals surface area contributed by atoms with E-state index < -0.39 is 12.1 Å². The molecule has 186 valence electrons. The van der Waals surface area contributed by atoms with E-state index in [-0.39, 0.29) is 18.1 Å². The van der Waals surface area contributed by atoms with Gasteiger partial charge in [0.15, 0.2) is 0 Å². The predicted octanol–water partition coefficient (Wildman–Crippen LogP) is 3.10. The van der Waals surface area contributed by atoms with Gasteiger partial charge in [0.1, 0.15) is 6.61 Å². The third-order valence-electron chi connectivity index (χ3n) is 5.91. The number of carbonyl (C=O) groups excluding carboxylic acids is 1. The number of carboxylic acids is 1. The van der Waals surface area contributed by atoms with Crippen molar-refractivity contribution in [3.8, 4) is 0 Å². The molecule has 1 aromatic rings. The number of hydrogen-bond donors (Lipinski definition) is 1. The lowest BCUT2D eigenvalue weighted by molar-refractivity contribution is -0.192. The zero-order valence-corrected chi connectivity index (χ0v) is 19.4. The summed E-state index contributed by atoms with van der Waals surface area (Å²) >= 11 is 0. The van der Waals surface area contributed by atoms with E-state index in [1.165, 1.54) is 11.1 Å². The Morgan fingerprint density at radius 3 is 2.48 bits per heavy atom. The van der Waals surface area contributed by atoms with E-state index in [1.807, 2.05) is 0 Å². The van der Waals surface area contributed by atoms with Gasteiger partial charge in [-0.1, -0.05) is 24.3 Å². The Bertz CT molecular complexity index is 795. The second-order valence-electron chi connectivity index (χ2n) is 8.89. The SMILES string of the molecule is Cc1ccccc1CN1CC2(CC(CCOCC(=O)N(C)C)CCO2)C1.O=C(O)C(F)(F)F. The molecule has 7 nitrogen and oxygen atoms in total. The van der Waals surface area contributed by atoms with Crippen LogP contribution in [0.3, 0.4) is 0 Å². The molecule has 2 fully saturated rings. The van der Waals surface area contributed by atoms with Crippen molar-refractivity contribution in [3.05, 3.63) is 35.4 Å². The zero-order valence-electron chi connectivity index (χ0n) is 19.4. The van der Waals surface area contributed by atoms with E-state index in [1.54, 1.807) is 19.0 Å². The number of carboxylic acid groups (broad SMARTS) is 1. The largest absolute Gasteiger partial charge is 0.490 e. The van der Waals surface area contributed by atoms with Crippen molar-refractivity contribution in [2.45, 2.75) is 44.5 Å². The normalized spacial score (nSPS) is 19.9. The van der Waals surface area contributed by atoms with E-state index in [2.05, 4.69) is 36.1 Å². The van der Waals surface area contributed by atoms with Crippen LogP contribution in [-0.2, 0) is 25.6 Å². The van der Waals surface area contributed by atoms with Gasteiger partial charge in [-0.15, -0.1) is 0 Å². The quantitative estimate of drug-likeness (QED) is 0.612. The number of ether oxygens (including phenoxy) is 2. The second-order valence-corrected chi connectivity index (χ2v) is 8.89. The first-order valence-corrected chi connectivity index (χ1v) is 10.9. The molecule has 2 saturated heterocycles. The number of benzene rings is 1. The van der Waals surface area contributed by atoms with Crippen molar-refractivity contribution in [2.24, 2.45) is 5.92 Å². The van der Waals surface area contributed by atoms with Crippen molar-refractivity contribution in [3.63, 3.8) is 0 Å². The molecule has 0 saturated carbocycles. The molecule has 0 aromatic heterocycles. The van der Waals surface area contributed by atoms with Crippen LogP contribution in [0, 0.1) is 12.8 Å². The maximum atomic E-state index is 11.5. The molecule has 1 atom stereocenters. The van der Waals surface area contributed by atoms with Gasteiger partial charge in [-0.3, -0.25) is 9.69 Å². The van der Waals surface area contributed by atoms with Gasteiger partial charge >= 0.3 is 12.1 Å². The number of halogens is 3. The van der Waals surface area contributed by atoms with Gasteiger partial charge in [0, 0.05) is 46.9 Å². The average molecular weight is 475 g/mol. The Morgan fingerprint density at radius 2 is 1.91 bits per heavy atom. The molecular weight excluding hydrogens is 441 g/mol. The molecule has 0 bridgehead atoms. The molecule has 1 aromatic carbocycles. The molecule has 1 spiro atoms. The van der Waals surface area contributed by atoms with Gasteiger partial charge < -0.3 is 19.5 Å². The lowest BCUT2D eigenvalue weighted by atomic mass is 9.79. The van der Waals surface area contributed by atoms with Crippen LogP contribution in [0.1, 0.15) is 30.4 Å². The number of likely N-dealkylation sites (tertiary alicyclic amines) is 1. The summed E-state index contributed by atoms with van der Waals surface area (Å²) in [7, 11) is 3.51. The van der Waals surface area contributed by atoms with E-state index in [9.17, 15) is 18.0 Å². The Hall–Kier alpha value is -2.17. The van der Waals surface area contributed by atoms with Gasteiger partial charge in [0.05, 0.1) is 5.60 Å². The summed E-state index contributed by atoms with van der Waals surface area (Å²) in [6.07, 6.45) is -1.85. The highest BCUT2D eigenvalue weighted by atomic mass is 19.4. The fourth-order valence-electron chi connectivity index (χ4n) is 4.04. The standard InChI is InChI=1S/C21H32N2O3.C2HF3O2/c1-17-6-4-5-7-19(17)13-23-15-21(16-23)12-18(9-11-26-21)8-10-25-14-20(24)22(2)3;3-2(4,5)1(6)7/h4-7,18H,8-16H2,1-3H3;(H,6,7). The monoisotopic (exact) mass is 474 g/mol. The lowest BCUT2D eigenvalue weighted by Crippen LogP contribution is -2.64. The van der Waals surface area contributed by atoms with Crippen LogP contribution >= 0.6 is 0 Å². The highest BCUT2D eigenvalue weighted by Gasteiger charge is 2.47. The summed E-state index contributed by atoms with van der Waals surface area (Å²) in [4.78, 5) is 24.5. The molecule has 2 heterocycles. The van der Waals surface area contributed by atoms with Crippen molar-refractivity contribution in [1.82, 2.24) is 9.80 Å². The Labute approximate surface area is 192 Å². The van der Waals surface area contributed by atoms with Crippen LogP contribution in [0.2, 0.25) is 0 Å². The maximum absolute atomic E-state index is 11.5. The first-order valence-electron chi connectivity index (χ1n) is 10.9. The molecule has 1 N–H and O–H groups in total. The van der Waals surface area contributed by atoms with E-state index in [0.717, 1.165) is 45.5 Å². The predicted molar refractivity (Wildman–Crippen MR) is 116 cm³/mol. The highest BCUT2D eigenvalue weighted by Crippen LogP contribution is 2.38. The number of aliphatic carboxylic acids is 1. The lowest BCUT2D eigenvalue weighted by Gasteiger charge is -2.53. The minimum atomic E-state index is -5.08. The van der Waals surface area contributed by atoms with Gasteiger partial charge in [0.2, 0.25) is 5.91 Å². The van der Waals surface area contributed by atoms with Crippen LogP contribution < -0.4 is 0 Å². The van der Waals surface area contributed by atoms with Gasteiger partial charge in [0.25, 0.3) is 0 Å². The van der Waals surface area contributed by atoms with Crippen molar-refractivity contribution in [2.75, 3.05) is 47.0 Å². The number of alkyl halides is 3. The van der Waals surface area contributed by atoms with Crippen LogP contribution in [0.25, 0.3) is 0 Å². The number of hydrogen-bond acceptors (Lipinski definition) is 5. The van der Waals surface area contributed by atoms with Crippen molar-refractivity contribution in [1.29, 1.82) is 0 Å². The summed E-state index contributed by atoms with van der Waals surface area (Å²) in [5.74, 6) is -2.09. The molecule has 10 heteroatoms. The fourth-order valence-corrected chi connectivity index (χ4v) is 4.04. The Kier molecular flexibility index (Phi) is 9.69. The van der Waals surface area contributed by atoms with Crippen LogP contribution in [0.15, 0.2) is 24.3 Å². The molecule has 2 aliphatic heterocycles. The van der Waals surface area contributed by atoms with Gasteiger partial charge in [-0.2, -0.15) is 13.2 Å². The third-order valence-corrected chi connectivity index (χ3v) is 5.91. The number of likely N-dealkylation sites (N-methyl/N-ethyl adjacent to an activating group) is 1. The minimum absolute atomic E-state index is 0.0271. The molecule has 1 unspecified atom stereocenters. The molecule has 3 rings (SSSR count). The first kappa shape index (κ1) is 27.1. The number of carbonyl (C=O) groups is 2. The highest BCUT2D eigenvalue weighted by molar-refractivity contribution is 5.76.